The molecule has 0 aromatic heterocycles. The Hall–Kier alpha value is 0.280. The summed E-state index contributed by atoms with van der Waals surface area (Å²) < 4.78 is 0. The Bertz CT molecular complexity index is 234. The zero-order valence-corrected chi connectivity index (χ0v) is 13.2. The number of hydrogen-bond acceptors (Lipinski definition) is 6. The maximum absolute atomic E-state index is 10.1. The van der Waals surface area contributed by atoms with E-state index in [1.165, 1.54) is 0 Å². The molecule has 0 amide bonds. The number of ketones is 2. The van der Waals surface area contributed by atoms with Crippen molar-refractivity contribution in [3.05, 3.63) is 0 Å². The Morgan fingerprint density at radius 3 is 1.27 bits per heavy atom. The van der Waals surface area contributed by atoms with Gasteiger partial charge in [-0.25, -0.2) is 0 Å². The molecule has 74 valence electrons. The average Bonchev–Trinajstić information content (AvgIpc) is 1.83. The van der Waals surface area contributed by atoms with E-state index in [9.17, 15) is 19.5 Å². The van der Waals surface area contributed by atoms with Crippen molar-refractivity contribution in [2.24, 2.45) is 0 Å². The minimum absolute atomic E-state index is 0. The summed E-state index contributed by atoms with van der Waals surface area (Å²) in [6.45, 7) is 2.11. The van der Waals surface area contributed by atoms with Crippen LogP contribution in [0.25, 0.3) is 0 Å². The van der Waals surface area contributed by atoms with E-state index in [0.717, 1.165) is 13.8 Å². The van der Waals surface area contributed by atoms with Crippen LogP contribution in [0.1, 0.15) is 20.3 Å². The zero-order valence-electron chi connectivity index (χ0n) is 9.16. The molecule has 0 N–H and O–H groups in total. The summed E-state index contributed by atoms with van der Waals surface area (Å²) in [5, 5.41) is 18.5. The van der Waals surface area contributed by atoms with Crippen LogP contribution in [-0.2, 0) is 19.2 Å². The van der Waals surface area contributed by atoms with E-state index in [0.29, 0.717) is 0 Å². The van der Waals surface area contributed by atoms with E-state index in [1.807, 2.05) is 0 Å². The maximum atomic E-state index is 10.1. The van der Waals surface area contributed by atoms with Gasteiger partial charge >= 0.3 is 59.1 Å². The first kappa shape index (κ1) is 24.5. The molecule has 8 heteroatoms. The van der Waals surface area contributed by atoms with Gasteiger partial charge in [-0.1, -0.05) is 0 Å². The first-order valence-electron chi connectivity index (χ1n) is 3.18. The standard InChI is InChI=1S/C5H6O4.C2H4O2.2Na/c1-3(6)2-4(7)5(8)9;1-2(3)4;;/h2H2,1H3,(H,8,9);1H3,(H,3,4);;/q;;2*+1/p-2. The summed E-state index contributed by atoms with van der Waals surface area (Å²) in [6, 6.07) is 0. The van der Waals surface area contributed by atoms with Gasteiger partial charge in [0.05, 0.1) is 6.42 Å². The number of hydrogen-bond donors (Lipinski definition) is 0. The van der Waals surface area contributed by atoms with Crippen molar-refractivity contribution < 1.29 is 88.5 Å². The molecule has 0 fully saturated rings. The fourth-order valence-electron chi connectivity index (χ4n) is 0.298. The van der Waals surface area contributed by atoms with Crippen molar-refractivity contribution in [3.63, 3.8) is 0 Å². The summed E-state index contributed by atoms with van der Waals surface area (Å²) in [4.78, 5) is 38.6. The number of rotatable bonds is 3. The van der Waals surface area contributed by atoms with Crippen LogP contribution < -0.4 is 69.3 Å². The molecular weight excluding hydrogens is 226 g/mol. The molecule has 0 heterocycles. The van der Waals surface area contributed by atoms with E-state index in [1.54, 1.807) is 0 Å². The van der Waals surface area contributed by atoms with Crippen molar-refractivity contribution >= 4 is 23.5 Å². The van der Waals surface area contributed by atoms with Crippen molar-refractivity contribution in [2.45, 2.75) is 20.3 Å². The molecule has 0 atom stereocenters. The van der Waals surface area contributed by atoms with Gasteiger partial charge in [0.2, 0.25) is 0 Å². The molecule has 15 heavy (non-hydrogen) atoms. The summed E-state index contributed by atoms with van der Waals surface area (Å²) in [6.07, 6.45) is -0.567. The molecule has 0 unspecified atom stereocenters. The van der Waals surface area contributed by atoms with Crippen LogP contribution in [0.2, 0.25) is 0 Å². The second-order valence-corrected chi connectivity index (χ2v) is 2.08. The molecule has 0 aliphatic carbocycles. The summed E-state index contributed by atoms with van der Waals surface area (Å²) >= 11 is 0. The fourth-order valence-corrected chi connectivity index (χ4v) is 0.298. The Labute approximate surface area is 131 Å². The van der Waals surface area contributed by atoms with Crippen molar-refractivity contribution in [1.29, 1.82) is 0 Å². The normalized spacial score (nSPS) is 6.80. The van der Waals surface area contributed by atoms with Gasteiger partial charge < -0.3 is 19.8 Å². The molecule has 0 saturated carbocycles. The van der Waals surface area contributed by atoms with Crippen molar-refractivity contribution in [3.8, 4) is 0 Å². The maximum Gasteiger partial charge on any atom is 1.00 e. The first-order valence-corrected chi connectivity index (χ1v) is 3.18. The van der Waals surface area contributed by atoms with Gasteiger partial charge in [0.25, 0.3) is 0 Å². The fraction of sp³-hybridized carbons (Fsp3) is 0.429. The van der Waals surface area contributed by atoms with Gasteiger partial charge in [-0.2, -0.15) is 0 Å². The van der Waals surface area contributed by atoms with Crippen LogP contribution in [-0.4, -0.2) is 23.5 Å². The van der Waals surface area contributed by atoms with Gasteiger partial charge in [0.1, 0.15) is 11.8 Å². The predicted octanol–water partition coefficient (Wildman–Crippen LogP) is -8.95. The molecule has 0 saturated heterocycles. The molecular formula is C7H8Na2O6. The Morgan fingerprint density at radius 1 is 0.933 bits per heavy atom. The van der Waals surface area contributed by atoms with Gasteiger partial charge in [0, 0.05) is 5.97 Å². The topological polar surface area (TPSA) is 114 Å². The third-order valence-electron chi connectivity index (χ3n) is 0.637. The third-order valence-corrected chi connectivity index (χ3v) is 0.637. The molecule has 0 aliphatic rings. The minimum Gasteiger partial charge on any atom is -0.550 e. The molecule has 6 nitrogen and oxygen atoms in total. The SMILES string of the molecule is CC(=O)CC(=O)C(=O)[O-].CC(=O)[O-].[Na+].[Na+]. The second-order valence-electron chi connectivity index (χ2n) is 2.08. The zero-order chi connectivity index (χ0) is 11.0. The summed E-state index contributed by atoms with van der Waals surface area (Å²) in [7, 11) is 0. The Morgan fingerprint density at radius 2 is 1.20 bits per heavy atom. The average molecular weight is 234 g/mol. The number of carbonyl (C=O) groups excluding carboxylic acids is 4. The van der Waals surface area contributed by atoms with Gasteiger partial charge in [0.15, 0.2) is 5.78 Å². The van der Waals surface area contributed by atoms with Crippen LogP contribution in [0, 0.1) is 0 Å². The quantitative estimate of drug-likeness (QED) is 0.272. The van der Waals surface area contributed by atoms with Crippen LogP contribution in [0.15, 0.2) is 0 Å². The number of Topliss-reactive ketones (excluding diaryl/α,β-unsaturated/α-hetero) is 2. The van der Waals surface area contributed by atoms with E-state index < -0.39 is 29.9 Å². The van der Waals surface area contributed by atoms with Crippen LogP contribution in [0.4, 0.5) is 0 Å². The van der Waals surface area contributed by atoms with Crippen molar-refractivity contribution in [2.75, 3.05) is 0 Å². The Kier molecular flexibility index (Phi) is 23.3. The molecule has 0 radical (unpaired) electrons. The molecule has 0 aromatic carbocycles. The van der Waals surface area contributed by atoms with Crippen LogP contribution >= 0.6 is 0 Å². The van der Waals surface area contributed by atoms with Crippen LogP contribution in [0.5, 0.6) is 0 Å². The largest absolute Gasteiger partial charge is 1.00 e. The number of aliphatic carboxylic acids is 2. The van der Waals surface area contributed by atoms with E-state index in [2.05, 4.69) is 0 Å². The van der Waals surface area contributed by atoms with Gasteiger partial charge in [-0.05, 0) is 13.8 Å². The monoisotopic (exact) mass is 234 g/mol. The molecule has 0 aliphatic heterocycles. The number of carboxylic acids is 2. The minimum atomic E-state index is -1.80. The van der Waals surface area contributed by atoms with Gasteiger partial charge in [-0.15, -0.1) is 0 Å². The van der Waals surface area contributed by atoms with E-state index >= 15 is 0 Å². The second kappa shape index (κ2) is 14.3. The molecule has 0 rings (SSSR count). The molecule has 0 bridgehead atoms. The Balaban J connectivity index is -0.0000000883. The van der Waals surface area contributed by atoms with E-state index in [4.69, 9.17) is 9.90 Å². The predicted molar refractivity (Wildman–Crippen MR) is 36.0 cm³/mol. The molecule has 0 aromatic rings. The van der Waals surface area contributed by atoms with E-state index in [-0.39, 0.29) is 59.1 Å². The first-order chi connectivity index (χ1) is 5.77. The smallest absolute Gasteiger partial charge is 0.550 e. The van der Waals surface area contributed by atoms with Gasteiger partial charge in [-0.3, -0.25) is 9.59 Å². The number of carbonyl (C=O) groups is 4. The summed E-state index contributed by atoms with van der Waals surface area (Å²) in [5.41, 5.74) is 0. The number of carboxylic acid groups (broad SMARTS) is 2. The van der Waals surface area contributed by atoms with Crippen LogP contribution in [0.3, 0.4) is 0 Å². The molecule has 0 spiro atoms. The summed E-state index contributed by atoms with van der Waals surface area (Å²) in [5.74, 6) is -4.52. The third kappa shape index (κ3) is 31.4. The van der Waals surface area contributed by atoms with Crippen molar-refractivity contribution in [1.82, 2.24) is 0 Å².